The summed E-state index contributed by atoms with van der Waals surface area (Å²) < 4.78 is 13.3. The fourth-order valence-corrected chi connectivity index (χ4v) is 3.57. The number of rotatable bonds is 4. The van der Waals surface area contributed by atoms with Gasteiger partial charge in [-0.3, -0.25) is 15.0 Å². The van der Waals surface area contributed by atoms with Crippen LogP contribution in [0.1, 0.15) is 28.8 Å². The van der Waals surface area contributed by atoms with E-state index in [4.69, 9.17) is 0 Å². The molecule has 24 heavy (non-hydrogen) atoms. The van der Waals surface area contributed by atoms with Crippen LogP contribution in [0.2, 0.25) is 0 Å². The fraction of sp³-hybridized carbons (Fsp3) is 0.263. The molecule has 1 saturated heterocycles. The Labute approximate surface area is 140 Å². The monoisotopic (exact) mass is 322 g/mol. The van der Waals surface area contributed by atoms with Crippen molar-refractivity contribution in [3.63, 3.8) is 0 Å². The number of aromatic nitrogens is 3. The molecule has 0 spiro atoms. The van der Waals surface area contributed by atoms with Gasteiger partial charge in [-0.05, 0) is 35.9 Å². The molecule has 0 unspecified atom stereocenters. The van der Waals surface area contributed by atoms with E-state index in [1.165, 1.54) is 5.56 Å². The molecule has 1 aromatic carbocycles. The number of pyridine rings is 1. The highest BCUT2D eigenvalue weighted by Gasteiger charge is 2.35. The van der Waals surface area contributed by atoms with E-state index < -0.39 is 0 Å². The van der Waals surface area contributed by atoms with Crippen LogP contribution in [0.3, 0.4) is 0 Å². The molecule has 3 heterocycles. The highest BCUT2D eigenvalue weighted by Crippen LogP contribution is 2.39. The topological polar surface area (TPSA) is 44.8 Å². The molecule has 122 valence electrons. The number of hydrogen-bond donors (Lipinski definition) is 1. The summed E-state index contributed by atoms with van der Waals surface area (Å²) >= 11 is 0. The van der Waals surface area contributed by atoms with Crippen LogP contribution < -0.4 is 0 Å². The van der Waals surface area contributed by atoms with E-state index in [0.717, 1.165) is 31.0 Å². The summed E-state index contributed by atoms with van der Waals surface area (Å²) in [5, 5.41) is 7.21. The van der Waals surface area contributed by atoms with Gasteiger partial charge < -0.3 is 0 Å². The van der Waals surface area contributed by atoms with Crippen LogP contribution in [0.15, 0.2) is 60.9 Å². The summed E-state index contributed by atoms with van der Waals surface area (Å²) in [6.07, 6.45) is 3.62. The lowest BCUT2D eigenvalue weighted by Gasteiger charge is -2.17. The first kappa shape index (κ1) is 15.0. The third-order valence-electron chi connectivity index (χ3n) is 4.73. The Kier molecular flexibility index (Phi) is 4.09. The fourth-order valence-electron chi connectivity index (χ4n) is 3.57. The zero-order valence-corrected chi connectivity index (χ0v) is 13.3. The van der Waals surface area contributed by atoms with Gasteiger partial charge in [-0.25, -0.2) is 4.39 Å². The summed E-state index contributed by atoms with van der Waals surface area (Å²) in [6, 6.07) is 14.9. The normalized spacial score (nSPS) is 21.2. The SMILES string of the molecule is Fc1ccc([C@@H]2CN(Cc3ccccn3)C[C@H]2c2ccn[nH]2)cc1. The Morgan fingerprint density at radius 2 is 1.83 bits per heavy atom. The molecule has 1 fully saturated rings. The molecule has 3 aromatic rings. The lowest BCUT2D eigenvalue weighted by Crippen LogP contribution is -2.20. The maximum Gasteiger partial charge on any atom is 0.123 e. The van der Waals surface area contributed by atoms with E-state index >= 15 is 0 Å². The molecule has 0 aliphatic carbocycles. The van der Waals surface area contributed by atoms with Gasteiger partial charge in [0.15, 0.2) is 0 Å². The van der Waals surface area contributed by atoms with Crippen LogP contribution in [0.4, 0.5) is 4.39 Å². The number of aromatic amines is 1. The Morgan fingerprint density at radius 1 is 1.00 bits per heavy atom. The zero-order chi connectivity index (χ0) is 16.4. The van der Waals surface area contributed by atoms with Gasteiger partial charge in [0.25, 0.3) is 0 Å². The van der Waals surface area contributed by atoms with Crippen molar-refractivity contribution in [2.45, 2.75) is 18.4 Å². The van der Waals surface area contributed by atoms with E-state index in [-0.39, 0.29) is 5.82 Å². The first-order valence-electron chi connectivity index (χ1n) is 8.16. The quantitative estimate of drug-likeness (QED) is 0.801. The third-order valence-corrected chi connectivity index (χ3v) is 4.73. The first-order valence-corrected chi connectivity index (χ1v) is 8.16. The highest BCUT2D eigenvalue weighted by atomic mass is 19.1. The molecule has 1 N–H and O–H groups in total. The second-order valence-electron chi connectivity index (χ2n) is 6.29. The minimum Gasteiger partial charge on any atom is -0.296 e. The van der Waals surface area contributed by atoms with Crippen molar-refractivity contribution >= 4 is 0 Å². The minimum absolute atomic E-state index is 0.194. The van der Waals surface area contributed by atoms with E-state index in [0.29, 0.717) is 11.8 Å². The van der Waals surface area contributed by atoms with Crippen LogP contribution in [0.5, 0.6) is 0 Å². The van der Waals surface area contributed by atoms with Crippen LogP contribution in [0, 0.1) is 5.82 Å². The van der Waals surface area contributed by atoms with Crippen LogP contribution in [-0.4, -0.2) is 33.2 Å². The second kappa shape index (κ2) is 6.53. The van der Waals surface area contributed by atoms with Crippen LogP contribution in [-0.2, 0) is 6.54 Å². The van der Waals surface area contributed by atoms with Crippen molar-refractivity contribution in [2.75, 3.05) is 13.1 Å². The van der Waals surface area contributed by atoms with E-state index in [9.17, 15) is 4.39 Å². The van der Waals surface area contributed by atoms with Crippen molar-refractivity contribution in [2.24, 2.45) is 0 Å². The van der Waals surface area contributed by atoms with Gasteiger partial charge in [-0.1, -0.05) is 18.2 Å². The molecular formula is C19H19FN4. The summed E-state index contributed by atoms with van der Waals surface area (Å²) in [7, 11) is 0. The van der Waals surface area contributed by atoms with E-state index in [1.807, 2.05) is 36.5 Å². The molecule has 2 aromatic heterocycles. The lowest BCUT2D eigenvalue weighted by atomic mass is 9.87. The summed E-state index contributed by atoms with van der Waals surface area (Å²) in [5.41, 5.74) is 3.37. The average molecular weight is 322 g/mol. The van der Waals surface area contributed by atoms with Gasteiger partial charge in [0.2, 0.25) is 0 Å². The minimum atomic E-state index is -0.194. The maximum absolute atomic E-state index is 13.3. The molecule has 0 amide bonds. The predicted octanol–water partition coefficient (Wildman–Crippen LogP) is 3.33. The molecule has 4 rings (SSSR count). The molecule has 2 atom stereocenters. The summed E-state index contributed by atoms with van der Waals surface area (Å²) in [5.74, 6) is 0.441. The average Bonchev–Trinajstić information content (AvgIpc) is 3.26. The van der Waals surface area contributed by atoms with E-state index in [2.05, 4.69) is 26.1 Å². The Balaban J connectivity index is 1.59. The molecular weight excluding hydrogens is 303 g/mol. The predicted molar refractivity (Wildman–Crippen MR) is 90.0 cm³/mol. The van der Waals surface area contributed by atoms with Gasteiger partial charge in [-0.15, -0.1) is 0 Å². The first-order chi connectivity index (χ1) is 11.8. The van der Waals surface area contributed by atoms with Crippen LogP contribution in [0.25, 0.3) is 0 Å². The number of likely N-dealkylation sites (tertiary alicyclic amines) is 1. The zero-order valence-electron chi connectivity index (χ0n) is 13.3. The molecule has 0 bridgehead atoms. The third kappa shape index (κ3) is 3.08. The molecule has 1 aliphatic heterocycles. The number of nitrogens with one attached hydrogen (secondary N) is 1. The standard InChI is InChI=1S/C19H19FN4/c20-15-6-4-14(5-7-15)17-12-24(11-16-3-1-2-9-21-16)13-18(17)19-8-10-22-23-19/h1-10,17-18H,11-13H2,(H,22,23)/t17-,18+/m0/s1. The smallest absolute Gasteiger partial charge is 0.123 e. The largest absolute Gasteiger partial charge is 0.296 e. The summed E-state index contributed by atoms with van der Waals surface area (Å²) in [4.78, 5) is 6.83. The highest BCUT2D eigenvalue weighted by molar-refractivity contribution is 5.28. The number of benzene rings is 1. The number of H-pyrrole nitrogens is 1. The molecule has 0 saturated carbocycles. The van der Waals surface area contributed by atoms with Gasteiger partial charge in [-0.2, -0.15) is 5.10 Å². The van der Waals surface area contributed by atoms with Crippen molar-refractivity contribution in [3.8, 4) is 0 Å². The van der Waals surface area contributed by atoms with Gasteiger partial charge in [0.05, 0.1) is 5.69 Å². The molecule has 0 radical (unpaired) electrons. The van der Waals surface area contributed by atoms with Crippen molar-refractivity contribution < 1.29 is 4.39 Å². The summed E-state index contributed by atoms with van der Waals surface area (Å²) in [6.45, 7) is 2.68. The lowest BCUT2D eigenvalue weighted by molar-refractivity contribution is 0.319. The number of nitrogens with zero attached hydrogens (tertiary/aromatic N) is 3. The van der Waals surface area contributed by atoms with Crippen LogP contribution >= 0.6 is 0 Å². The van der Waals surface area contributed by atoms with Gasteiger partial charge in [0.1, 0.15) is 5.82 Å². The molecule has 1 aliphatic rings. The number of hydrogen-bond acceptors (Lipinski definition) is 3. The number of halogens is 1. The van der Waals surface area contributed by atoms with Crippen molar-refractivity contribution in [1.29, 1.82) is 0 Å². The molecule has 5 heteroatoms. The van der Waals surface area contributed by atoms with Gasteiger partial charge in [0, 0.05) is 49.6 Å². The van der Waals surface area contributed by atoms with Gasteiger partial charge >= 0.3 is 0 Å². The Bertz CT molecular complexity index is 771. The van der Waals surface area contributed by atoms with E-state index in [1.54, 1.807) is 18.3 Å². The second-order valence-corrected chi connectivity index (χ2v) is 6.29. The van der Waals surface area contributed by atoms with Crippen molar-refractivity contribution in [1.82, 2.24) is 20.1 Å². The molecule has 4 nitrogen and oxygen atoms in total. The Morgan fingerprint density at radius 3 is 2.54 bits per heavy atom. The maximum atomic E-state index is 13.3. The van der Waals surface area contributed by atoms with Crippen molar-refractivity contribution in [3.05, 3.63) is 83.7 Å². The Hall–Kier alpha value is -2.53.